The molecular formula is C21H25FN10O9P2S3. The normalized spacial score (nSPS) is 32.8. The number of halogens is 1. The van der Waals surface area contributed by atoms with Crippen molar-refractivity contribution in [2.45, 2.75) is 53.5 Å². The first-order chi connectivity index (χ1) is 21.9. The number of aromatic nitrogens is 8. The first-order valence-electron chi connectivity index (χ1n) is 13.3. The van der Waals surface area contributed by atoms with Crippen LogP contribution in [0.5, 0.6) is 0 Å². The number of nitrogens with two attached hydrogens (primary N) is 2. The molecule has 25 heteroatoms. The molecule has 0 aliphatic carbocycles. The molecule has 4 aromatic rings. The van der Waals surface area contributed by atoms with Gasteiger partial charge in [0.15, 0.2) is 35.1 Å². The van der Waals surface area contributed by atoms with E-state index in [1.165, 1.54) is 23.5 Å². The number of imidazole rings is 2. The van der Waals surface area contributed by atoms with Gasteiger partial charge in [0.2, 0.25) is 13.2 Å². The fourth-order valence-electron chi connectivity index (χ4n) is 5.72. The third kappa shape index (κ3) is 5.54. The lowest BCUT2D eigenvalue weighted by Gasteiger charge is -2.37. The van der Waals surface area contributed by atoms with Crippen LogP contribution in [-0.2, 0) is 32.2 Å². The molecule has 0 amide bonds. The first-order valence-corrected chi connectivity index (χ1v) is 19.6. The molecular weight excluding hydrogens is 713 g/mol. The summed E-state index contributed by atoms with van der Waals surface area (Å²) < 4.78 is 73.3. The van der Waals surface area contributed by atoms with Crippen LogP contribution in [0.4, 0.5) is 16.2 Å². The molecule has 7 heterocycles. The van der Waals surface area contributed by atoms with E-state index in [0.717, 1.165) is 11.8 Å². The summed E-state index contributed by atoms with van der Waals surface area (Å²) in [4.78, 5) is 35.2. The second kappa shape index (κ2) is 12.0. The lowest BCUT2D eigenvalue weighted by Crippen LogP contribution is -2.47. The van der Waals surface area contributed by atoms with Crippen LogP contribution < -0.4 is 17.0 Å². The van der Waals surface area contributed by atoms with Gasteiger partial charge in [-0.25, -0.2) is 28.9 Å². The fraction of sp³-hybridized carbons (Fsp3) is 0.524. The molecule has 248 valence electrons. The summed E-state index contributed by atoms with van der Waals surface area (Å²) >= 11 is 8.92. The minimum Gasteiger partial charge on any atom is -0.395 e. The molecule has 3 saturated heterocycles. The number of aromatic amines is 1. The van der Waals surface area contributed by atoms with E-state index in [-0.39, 0.29) is 29.4 Å². The van der Waals surface area contributed by atoms with Gasteiger partial charge in [-0.1, -0.05) is 24.5 Å². The minimum atomic E-state index is -4.43. The Morgan fingerprint density at radius 3 is 2.76 bits per heavy atom. The number of thiol groups is 2. The van der Waals surface area contributed by atoms with Crippen molar-refractivity contribution in [3.8, 4) is 0 Å². The molecule has 0 saturated carbocycles. The van der Waals surface area contributed by atoms with Crippen LogP contribution in [-0.4, -0.2) is 92.9 Å². The lowest BCUT2D eigenvalue weighted by molar-refractivity contribution is -0.268. The van der Waals surface area contributed by atoms with Crippen LogP contribution in [0.15, 0.2) is 23.8 Å². The zero-order valence-corrected chi connectivity index (χ0v) is 27.5. The molecule has 0 spiro atoms. The van der Waals surface area contributed by atoms with E-state index >= 15 is 4.39 Å². The van der Waals surface area contributed by atoms with E-state index in [1.54, 1.807) is 4.57 Å². The Labute approximate surface area is 272 Å². The largest absolute Gasteiger partial charge is 0.395 e. The molecule has 3 fully saturated rings. The summed E-state index contributed by atoms with van der Waals surface area (Å²) in [7, 11) is -2.85. The van der Waals surface area contributed by atoms with Crippen LogP contribution in [0.3, 0.4) is 0 Å². The highest BCUT2D eigenvalue weighted by Crippen LogP contribution is 2.61. The van der Waals surface area contributed by atoms with Crippen LogP contribution in [0.25, 0.3) is 22.3 Å². The number of anilines is 2. The number of ether oxygens (including phenoxy) is 2. The Bertz CT molecular complexity index is 1950. The molecule has 10 atom stereocenters. The van der Waals surface area contributed by atoms with Crippen LogP contribution in [0, 0.1) is 0 Å². The number of thioether (sulfide) groups is 1. The van der Waals surface area contributed by atoms with Gasteiger partial charge in [-0.2, -0.15) is 4.98 Å². The maximum Gasteiger partial charge on any atom is 0.386 e. The van der Waals surface area contributed by atoms with E-state index in [0.29, 0.717) is 11.2 Å². The number of alkyl halides is 1. The molecule has 2 bridgehead atoms. The van der Waals surface area contributed by atoms with Crippen molar-refractivity contribution in [3.05, 3.63) is 29.3 Å². The van der Waals surface area contributed by atoms with Crippen molar-refractivity contribution in [2.24, 2.45) is 0 Å². The number of hydrogen-bond donors (Lipinski definition) is 6. The van der Waals surface area contributed by atoms with Gasteiger partial charge in [-0.15, -0.1) is 11.8 Å². The number of rotatable bonds is 10. The summed E-state index contributed by atoms with van der Waals surface area (Å²) in [6.45, 7) is -5.54. The van der Waals surface area contributed by atoms with Gasteiger partial charge in [0.25, 0.3) is 5.56 Å². The third-order valence-electron chi connectivity index (χ3n) is 7.71. The quantitative estimate of drug-likeness (QED) is 0.0987. The third-order valence-corrected chi connectivity index (χ3v) is 11.6. The van der Waals surface area contributed by atoms with Crippen LogP contribution in [0.1, 0.15) is 18.0 Å². The maximum absolute atomic E-state index is 15.6. The molecule has 3 aliphatic heterocycles. The van der Waals surface area contributed by atoms with Gasteiger partial charge in [-0.3, -0.25) is 37.0 Å². The number of nitrogens with one attached hydrogen (secondary N) is 1. The van der Waals surface area contributed by atoms with Crippen LogP contribution in [0.2, 0.25) is 0 Å². The molecule has 19 nitrogen and oxygen atoms in total. The van der Waals surface area contributed by atoms with Gasteiger partial charge >= 0.3 is 6.80 Å². The average molecular weight is 739 g/mol. The number of fused-ring (bicyclic) bond motifs is 4. The van der Waals surface area contributed by atoms with Crippen molar-refractivity contribution in [3.63, 3.8) is 0 Å². The minimum absolute atomic E-state index is 0.0208. The second-order valence-electron chi connectivity index (χ2n) is 10.5. The number of hydrogen-bond acceptors (Lipinski definition) is 17. The Hall–Kier alpha value is -2.30. The van der Waals surface area contributed by atoms with Gasteiger partial charge in [-0.05, 0) is 0 Å². The van der Waals surface area contributed by atoms with Gasteiger partial charge in [0.05, 0.1) is 31.1 Å². The number of aliphatic hydroxyl groups is 1. The Morgan fingerprint density at radius 1 is 1.24 bits per heavy atom. The fourth-order valence-corrected chi connectivity index (χ4v) is 9.42. The second-order valence-corrected chi connectivity index (χ2v) is 16.6. The van der Waals surface area contributed by atoms with E-state index < -0.39 is 79.9 Å². The lowest BCUT2D eigenvalue weighted by atomic mass is 10.0. The highest BCUT2D eigenvalue weighted by atomic mass is 32.7. The molecule has 3 aliphatic rings. The summed E-state index contributed by atoms with van der Waals surface area (Å²) in [5.41, 5.74) is 10.1. The van der Waals surface area contributed by atoms with Crippen LogP contribution >= 0.6 is 50.3 Å². The standard InChI is InChI=1S/C21H25FN10O9P2S3/c22-9-8(2-33)46-18(32-6-28-11-15(32)29-20(24)30-16(11)34)12(9)41-43(36,45)37-3-21-1-7(38-19(21)40-42(35)44)17(39-21)31-5-27-10-13(23)25-4-26-14(10)31/h4-9,12,17-19,33,42H,1-3H2,(H,35,44)(H,36,45)(H2,23,25,26)(H3,24,29,30,34)/t7-,8-,9+,12-,17-,18-,19?,21+,43?/m1/s1. The number of nitrogen functional groups attached to an aromatic ring is 2. The summed E-state index contributed by atoms with van der Waals surface area (Å²) in [5, 5.41) is 7.80. The Balaban J connectivity index is 1.14. The zero-order chi connectivity index (χ0) is 32.5. The molecule has 0 aromatic carbocycles. The maximum atomic E-state index is 15.6. The first kappa shape index (κ1) is 32.3. The number of nitrogens with zero attached hydrogens (tertiary/aromatic N) is 7. The van der Waals surface area contributed by atoms with E-state index in [1.807, 2.05) is 0 Å². The highest BCUT2D eigenvalue weighted by molar-refractivity contribution is 8.44. The van der Waals surface area contributed by atoms with Crippen molar-refractivity contribution in [2.75, 3.05) is 24.7 Å². The molecule has 3 unspecified atom stereocenters. The Morgan fingerprint density at radius 2 is 2.00 bits per heavy atom. The predicted octanol–water partition coefficient (Wildman–Crippen LogP) is 1.23. The summed E-state index contributed by atoms with van der Waals surface area (Å²) in [6, 6.07) is 0. The molecule has 4 aromatic heterocycles. The van der Waals surface area contributed by atoms with Crippen molar-refractivity contribution in [1.29, 1.82) is 0 Å². The topological polar surface area (TPSA) is 260 Å². The molecule has 6 N–H and O–H groups in total. The monoisotopic (exact) mass is 738 g/mol. The van der Waals surface area contributed by atoms with Gasteiger partial charge < -0.3 is 26.0 Å². The van der Waals surface area contributed by atoms with E-state index in [9.17, 15) is 19.0 Å². The molecule has 7 rings (SSSR count). The Kier molecular flexibility index (Phi) is 8.41. The zero-order valence-electron chi connectivity index (χ0n) is 23.0. The van der Waals surface area contributed by atoms with Crippen molar-refractivity contribution < 1.29 is 41.7 Å². The van der Waals surface area contributed by atoms with E-state index in [4.69, 9.17) is 34.5 Å². The van der Waals surface area contributed by atoms with E-state index in [2.05, 4.69) is 54.4 Å². The van der Waals surface area contributed by atoms with Crippen molar-refractivity contribution in [1.82, 2.24) is 39.0 Å². The SMILES string of the molecule is Nc1nc2c(ncn2[C@@H]2S[C@H](CO)[C@H](F)[C@H]2OP(=O)(S)OC[C@@]23C[C@@H](OC2O[PH](=O)S)[C@H](n2cnc4c(N)ncnc42)O3)c(=O)[nH]1. The molecule has 46 heavy (non-hydrogen) atoms. The number of aliphatic hydroxyl groups excluding tert-OH is 1. The molecule has 0 radical (unpaired) electrons. The van der Waals surface area contributed by atoms with Crippen molar-refractivity contribution >= 4 is 84.4 Å². The number of H-pyrrole nitrogens is 1. The van der Waals surface area contributed by atoms with Gasteiger partial charge in [0.1, 0.15) is 41.2 Å². The smallest absolute Gasteiger partial charge is 0.386 e. The summed E-state index contributed by atoms with van der Waals surface area (Å²) in [5.74, 6) is -0.0496. The predicted molar refractivity (Wildman–Crippen MR) is 167 cm³/mol. The summed E-state index contributed by atoms with van der Waals surface area (Å²) in [6.07, 6.45) is -2.10. The highest BCUT2D eigenvalue weighted by Gasteiger charge is 2.62. The average Bonchev–Trinajstić information content (AvgIpc) is 3.80. The van der Waals surface area contributed by atoms with Gasteiger partial charge in [0, 0.05) is 6.42 Å².